The van der Waals surface area contributed by atoms with E-state index in [9.17, 15) is 0 Å². The lowest BCUT2D eigenvalue weighted by atomic mass is 9.88. The summed E-state index contributed by atoms with van der Waals surface area (Å²) < 4.78 is 2.67. The summed E-state index contributed by atoms with van der Waals surface area (Å²) in [6.07, 6.45) is 0. The highest BCUT2D eigenvalue weighted by Crippen LogP contribution is 2.35. The molecule has 1 aromatic heterocycles. The minimum Gasteiger partial charge on any atom is -0.398 e. The van der Waals surface area contributed by atoms with Gasteiger partial charge in [-0.1, -0.05) is 26.8 Å². The molecule has 1 unspecified atom stereocenters. The van der Waals surface area contributed by atoms with Gasteiger partial charge in [-0.25, -0.2) is 4.68 Å². The first kappa shape index (κ1) is 14.0. The zero-order chi connectivity index (χ0) is 14.2. The Morgan fingerprint density at radius 1 is 1.32 bits per heavy atom. The third-order valence-electron chi connectivity index (χ3n) is 3.38. The Labute approximate surface area is 121 Å². The SMILES string of the molecule is CC(n1nnnc1-c1cccc(N)c1Br)C(C)(C)C. The maximum Gasteiger partial charge on any atom is 0.183 e. The third-order valence-corrected chi connectivity index (χ3v) is 4.27. The second-order valence-corrected chi connectivity index (χ2v) is 6.49. The van der Waals surface area contributed by atoms with Crippen molar-refractivity contribution in [2.45, 2.75) is 33.7 Å². The topological polar surface area (TPSA) is 69.6 Å². The summed E-state index contributed by atoms with van der Waals surface area (Å²) in [7, 11) is 0. The number of hydrogen-bond acceptors (Lipinski definition) is 4. The summed E-state index contributed by atoms with van der Waals surface area (Å²) in [5, 5.41) is 12.1. The van der Waals surface area contributed by atoms with E-state index in [0.29, 0.717) is 5.69 Å². The molecule has 0 spiro atoms. The lowest BCUT2D eigenvalue weighted by Crippen LogP contribution is -2.23. The van der Waals surface area contributed by atoms with Crippen LogP contribution in [0.15, 0.2) is 22.7 Å². The van der Waals surface area contributed by atoms with Crippen LogP contribution >= 0.6 is 15.9 Å². The molecule has 6 heteroatoms. The number of nitrogens with zero attached hydrogens (tertiary/aromatic N) is 4. The van der Waals surface area contributed by atoms with E-state index in [2.05, 4.69) is 59.2 Å². The second-order valence-electron chi connectivity index (χ2n) is 5.70. The summed E-state index contributed by atoms with van der Waals surface area (Å²) in [6.45, 7) is 8.60. The largest absolute Gasteiger partial charge is 0.398 e. The van der Waals surface area contributed by atoms with Gasteiger partial charge in [-0.3, -0.25) is 0 Å². The van der Waals surface area contributed by atoms with Crippen molar-refractivity contribution in [3.63, 3.8) is 0 Å². The number of hydrogen-bond donors (Lipinski definition) is 1. The predicted octanol–water partition coefficient (Wildman–Crippen LogP) is 3.29. The molecule has 0 saturated heterocycles. The molecular formula is C13H18BrN5. The lowest BCUT2D eigenvalue weighted by molar-refractivity contribution is 0.243. The van der Waals surface area contributed by atoms with Crippen LogP contribution in [0.2, 0.25) is 0 Å². The van der Waals surface area contributed by atoms with Gasteiger partial charge in [-0.2, -0.15) is 0 Å². The number of tetrazole rings is 1. The molecule has 0 aliphatic rings. The third kappa shape index (κ3) is 2.63. The minimum absolute atomic E-state index is 0.0664. The van der Waals surface area contributed by atoms with E-state index in [1.807, 2.05) is 22.9 Å². The van der Waals surface area contributed by atoms with E-state index in [0.717, 1.165) is 15.9 Å². The Morgan fingerprint density at radius 3 is 2.63 bits per heavy atom. The fourth-order valence-electron chi connectivity index (χ4n) is 1.72. The predicted molar refractivity (Wildman–Crippen MR) is 79.5 cm³/mol. The van der Waals surface area contributed by atoms with Gasteiger partial charge in [-0.15, -0.1) is 5.10 Å². The molecule has 0 saturated carbocycles. The monoisotopic (exact) mass is 323 g/mol. The van der Waals surface area contributed by atoms with Crippen LogP contribution in [0.4, 0.5) is 5.69 Å². The van der Waals surface area contributed by atoms with E-state index in [4.69, 9.17) is 5.73 Å². The molecule has 19 heavy (non-hydrogen) atoms. The quantitative estimate of drug-likeness (QED) is 0.861. The van der Waals surface area contributed by atoms with Crippen LogP contribution in [0.3, 0.4) is 0 Å². The molecule has 1 aromatic carbocycles. The number of rotatable bonds is 2. The highest BCUT2D eigenvalue weighted by Gasteiger charge is 2.26. The highest BCUT2D eigenvalue weighted by atomic mass is 79.9. The maximum atomic E-state index is 5.91. The van der Waals surface area contributed by atoms with Crippen molar-refractivity contribution in [3.8, 4) is 11.4 Å². The highest BCUT2D eigenvalue weighted by molar-refractivity contribution is 9.10. The first-order valence-electron chi connectivity index (χ1n) is 6.14. The molecule has 5 nitrogen and oxygen atoms in total. The lowest BCUT2D eigenvalue weighted by Gasteiger charge is -2.27. The van der Waals surface area contributed by atoms with Gasteiger partial charge in [-0.05, 0) is 50.8 Å². The van der Waals surface area contributed by atoms with Crippen LogP contribution in [-0.2, 0) is 0 Å². The summed E-state index contributed by atoms with van der Waals surface area (Å²) in [5.74, 6) is 0.724. The van der Waals surface area contributed by atoms with Crippen LogP contribution in [0, 0.1) is 5.41 Å². The first-order chi connectivity index (χ1) is 8.82. The first-order valence-corrected chi connectivity index (χ1v) is 6.94. The average Bonchev–Trinajstić information content (AvgIpc) is 2.79. The van der Waals surface area contributed by atoms with Gasteiger partial charge in [0, 0.05) is 11.3 Å². The van der Waals surface area contributed by atoms with Gasteiger partial charge in [0.2, 0.25) is 0 Å². The normalized spacial score (nSPS) is 13.5. The van der Waals surface area contributed by atoms with E-state index in [1.54, 1.807) is 0 Å². The number of halogens is 1. The minimum atomic E-state index is 0.0664. The Balaban J connectivity index is 2.54. The van der Waals surface area contributed by atoms with Gasteiger partial charge >= 0.3 is 0 Å². The van der Waals surface area contributed by atoms with Crippen LogP contribution in [0.25, 0.3) is 11.4 Å². The van der Waals surface area contributed by atoms with Gasteiger partial charge in [0.15, 0.2) is 5.82 Å². The summed E-state index contributed by atoms with van der Waals surface area (Å²) >= 11 is 3.50. The zero-order valence-corrected chi connectivity index (χ0v) is 13.1. The fraction of sp³-hybridized carbons (Fsp3) is 0.462. The second kappa shape index (κ2) is 4.92. The van der Waals surface area contributed by atoms with Crippen molar-refractivity contribution >= 4 is 21.6 Å². The van der Waals surface area contributed by atoms with Gasteiger partial charge in [0.05, 0.1) is 10.5 Å². The Kier molecular flexibility index (Phi) is 3.62. The van der Waals surface area contributed by atoms with Crippen LogP contribution < -0.4 is 5.73 Å². The smallest absolute Gasteiger partial charge is 0.183 e. The van der Waals surface area contributed by atoms with Crippen molar-refractivity contribution < 1.29 is 0 Å². The number of benzene rings is 1. The molecule has 2 N–H and O–H groups in total. The van der Waals surface area contributed by atoms with Crippen molar-refractivity contribution in [1.29, 1.82) is 0 Å². The van der Waals surface area contributed by atoms with E-state index < -0.39 is 0 Å². The molecular weight excluding hydrogens is 306 g/mol. The molecule has 2 rings (SSSR count). The van der Waals surface area contributed by atoms with E-state index >= 15 is 0 Å². The molecule has 0 aliphatic heterocycles. The van der Waals surface area contributed by atoms with Crippen molar-refractivity contribution in [1.82, 2.24) is 20.2 Å². The summed E-state index contributed by atoms with van der Waals surface area (Å²) in [4.78, 5) is 0. The zero-order valence-electron chi connectivity index (χ0n) is 11.6. The summed E-state index contributed by atoms with van der Waals surface area (Å²) in [6, 6.07) is 5.87. The molecule has 102 valence electrons. The standard InChI is InChI=1S/C13H18BrN5/c1-8(13(2,3)4)19-12(16-17-18-19)9-6-5-7-10(15)11(9)14/h5-8H,15H2,1-4H3. The molecule has 0 radical (unpaired) electrons. The Hall–Kier alpha value is -1.43. The molecule has 2 aromatic rings. The summed E-state index contributed by atoms with van der Waals surface area (Å²) in [5.41, 5.74) is 7.56. The molecule has 1 atom stereocenters. The number of nitrogens with two attached hydrogens (primary N) is 1. The fourth-order valence-corrected chi connectivity index (χ4v) is 2.16. The molecule has 0 bridgehead atoms. The van der Waals surface area contributed by atoms with Crippen molar-refractivity contribution in [3.05, 3.63) is 22.7 Å². The Bertz CT molecular complexity index is 585. The maximum absolute atomic E-state index is 5.91. The molecule has 0 amide bonds. The van der Waals surface area contributed by atoms with Crippen LogP contribution in [0.5, 0.6) is 0 Å². The van der Waals surface area contributed by atoms with Crippen LogP contribution in [0.1, 0.15) is 33.7 Å². The number of nitrogen functional groups attached to an aromatic ring is 1. The van der Waals surface area contributed by atoms with Gasteiger partial charge < -0.3 is 5.73 Å². The van der Waals surface area contributed by atoms with Crippen LogP contribution in [-0.4, -0.2) is 20.2 Å². The van der Waals surface area contributed by atoms with Gasteiger partial charge in [0.25, 0.3) is 0 Å². The Morgan fingerprint density at radius 2 is 2.00 bits per heavy atom. The molecule has 1 heterocycles. The van der Waals surface area contributed by atoms with Crippen molar-refractivity contribution in [2.75, 3.05) is 5.73 Å². The number of aromatic nitrogens is 4. The molecule has 0 fully saturated rings. The number of anilines is 1. The van der Waals surface area contributed by atoms with E-state index in [-0.39, 0.29) is 11.5 Å². The average molecular weight is 324 g/mol. The van der Waals surface area contributed by atoms with E-state index in [1.165, 1.54) is 0 Å². The van der Waals surface area contributed by atoms with Crippen molar-refractivity contribution in [2.24, 2.45) is 5.41 Å². The molecule has 0 aliphatic carbocycles. The van der Waals surface area contributed by atoms with Gasteiger partial charge in [0.1, 0.15) is 0 Å².